The predicted octanol–water partition coefficient (Wildman–Crippen LogP) is 3.73. The molecule has 2 spiro atoms. The molecule has 0 amide bonds. The van der Waals surface area contributed by atoms with Crippen LogP contribution in [0, 0.1) is 25.6 Å². The SMILES string of the molecule is CC1(C)OC(=O)C2(C(=O)O1)[C@@H](c1ccc([N+](=O)[O-])cc1)CC1(C[C@H]2c2ccc([N+](=O)[O-])cc2)OCCO1. The van der Waals surface area contributed by atoms with E-state index in [1.807, 2.05) is 0 Å². The molecular formula is C25H24N2O10. The van der Waals surface area contributed by atoms with Crippen molar-refractivity contribution < 1.29 is 38.4 Å². The van der Waals surface area contributed by atoms with Gasteiger partial charge in [-0.15, -0.1) is 0 Å². The lowest BCUT2D eigenvalue weighted by atomic mass is 9.54. The van der Waals surface area contributed by atoms with E-state index in [1.165, 1.54) is 62.4 Å². The van der Waals surface area contributed by atoms with Crippen molar-refractivity contribution in [3.63, 3.8) is 0 Å². The molecule has 0 aromatic heterocycles. The molecule has 3 aliphatic rings. The van der Waals surface area contributed by atoms with E-state index in [9.17, 15) is 29.8 Å². The summed E-state index contributed by atoms with van der Waals surface area (Å²) in [4.78, 5) is 49.2. The zero-order chi connectivity index (χ0) is 26.6. The van der Waals surface area contributed by atoms with Crippen molar-refractivity contribution in [1.82, 2.24) is 0 Å². The van der Waals surface area contributed by atoms with E-state index in [0.717, 1.165) is 0 Å². The lowest BCUT2D eigenvalue weighted by molar-refractivity contribution is -0.385. The summed E-state index contributed by atoms with van der Waals surface area (Å²) in [6.45, 7) is 3.50. The minimum absolute atomic E-state index is 0.0823. The molecule has 2 aromatic rings. The number of benzene rings is 2. The molecule has 0 bridgehead atoms. The summed E-state index contributed by atoms with van der Waals surface area (Å²) in [5.74, 6) is -6.10. The molecule has 1 saturated carbocycles. The van der Waals surface area contributed by atoms with Crippen LogP contribution in [0.2, 0.25) is 0 Å². The van der Waals surface area contributed by atoms with Gasteiger partial charge >= 0.3 is 11.9 Å². The Morgan fingerprint density at radius 3 is 1.46 bits per heavy atom. The van der Waals surface area contributed by atoms with Crippen LogP contribution in [0.3, 0.4) is 0 Å². The Morgan fingerprint density at radius 2 is 1.11 bits per heavy atom. The van der Waals surface area contributed by atoms with Crippen LogP contribution in [0.1, 0.15) is 49.7 Å². The van der Waals surface area contributed by atoms with E-state index >= 15 is 0 Å². The number of nitro benzene ring substituents is 2. The summed E-state index contributed by atoms with van der Waals surface area (Å²) < 4.78 is 23.3. The number of carbonyl (C=O) groups excluding carboxylic acids is 2. The van der Waals surface area contributed by atoms with Gasteiger partial charge in [-0.1, -0.05) is 24.3 Å². The minimum Gasteiger partial charge on any atom is -0.422 e. The Kier molecular flexibility index (Phi) is 5.76. The van der Waals surface area contributed by atoms with Crippen molar-refractivity contribution in [2.75, 3.05) is 13.2 Å². The van der Waals surface area contributed by atoms with Crippen LogP contribution in [0.5, 0.6) is 0 Å². The van der Waals surface area contributed by atoms with Crippen LogP contribution in [0.15, 0.2) is 48.5 Å². The van der Waals surface area contributed by atoms with Crippen LogP contribution in [0.4, 0.5) is 11.4 Å². The van der Waals surface area contributed by atoms with Gasteiger partial charge in [0.2, 0.25) is 0 Å². The average molecular weight is 512 g/mol. The third kappa shape index (κ3) is 4.02. The third-order valence-electron chi connectivity index (χ3n) is 7.31. The topological polar surface area (TPSA) is 157 Å². The summed E-state index contributed by atoms with van der Waals surface area (Å²) in [7, 11) is 0. The number of nitro groups is 2. The molecule has 12 heteroatoms. The number of cyclic esters (lactones) is 2. The molecule has 2 heterocycles. The Hall–Kier alpha value is -3.90. The quantitative estimate of drug-likeness (QED) is 0.256. The fourth-order valence-electron chi connectivity index (χ4n) is 5.71. The normalized spacial score (nSPS) is 25.5. The second-order valence-corrected chi connectivity index (χ2v) is 9.87. The van der Waals surface area contributed by atoms with Crippen molar-refractivity contribution in [2.24, 2.45) is 5.41 Å². The molecular weight excluding hydrogens is 488 g/mol. The van der Waals surface area contributed by atoms with Gasteiger partial charge in [0, 0.05) is 62.8 Å². The fourth-order valence-corrected chi connectivity index (χ4v) is 5.71. The summed E-state index contributed by atoms with van der Waals surface area (Å²) in [6.07, 6.45) is 0.165. The van der Waals surface area contributed by atoms with Gasteiger partial charge in [-0.05, 0) is 11.1 Å². The highest BCUT2D eigenvalue weighted by Crippen LogP contribution is 2.62. The first-order valence-corrected chi connectivity index (χ1v) is 11.7. The van der Waals surface area contributed by atoms with Gasteiger partial charge in [0.1, 0.15) is 0 Å². The number of non-ortho nitro benzene ring substituents is 2. The molecule has 2 aliphatic heterocycles. The molecule has 0 unspecified atom stereocenters. The van der Waals surface area contributed by atoms with Gasteiger partial charge in [-0.3, -0.25) is 29.8 Å². The van der Waals surface area contributed by atoms with Crippen molar-refractivity contribution in [1.29, 1.82) is 0 Å². The van der Waals surface area contributed by atoms with Gasteiger partial charge in [-0.25, -0.2) is 0 Å². The molecule has 2 saturated heterocycles. The number of nitrogens with zero attached hydrogens (tertiary/aromatic N) is 2. The van der Waals surface area contributed by atoms with Crippen molar-refractivity contribution in [3.05, 3.63) is 79.9 Å². The second kappa shape index (κ2) is 8.60. The molecule has 194 valence electrons. The Bertz CT molecular complexity index is 1170. The molecule has 12 nitrogen and oxygen atoms in total. The van der Waals surface area contributed by atoms with Crippen molar-refractivity contribution in [3.8, 4) is 0 Å². The Morgan fingerprint density at radius 1 is 0.730 bits per heavy atom. The molecule has 2 aromatic carbocycles. The van der Waals surface area contributed by atoms with Gasteiger partial charge in [0.15, 0.2) is 11.2 Å². The highest BCUT2D eigenvalue weighted by atomic mass is 16.8. The Labute approximate surface area is 210 Å². The van der Waals surface area contributed by atoms with Crippen LogP contribution in [-0.4, -0.2) is 46.6 Å². The molecule has 2 atom stereocenters. The first-order chi connectivity index (χ1) is 17.5. The summed E-state index contributed by atoms with van der Waals surface area (Å²) >= 11 is 0. The average Bonchev–Trinajstić information content (AvgIpc) is 3.29. The second-order valence-electron chi connectivity index (χ2n) is 9.87. The molecule has 37 heavy (non-hydrogen) atoms. The molecule has 0 N–H and O–H groups in total. The zero-order valence-electron chi connectivity index (χ0n) is 20.1. The summed E-state index contributed by atoms with van der Waals surface area (Å²) in [5.41, 5.74) is -1.28. The van der Waals surface area contributed by atoms with Gasteiger partial charge in [0.05, 0.1) is 23.1 Å². The maximum absolute atomic E-state index is 13.9. The van der Waals surface area contributed by atoms with E-state index in [0.29, 0.717) is 24.3 Å². The zero-order valence-corrected chi connectivity index (χ0v) is 20.1. The van der Waals surface area contributed by atoms with Crippen molar-refractivity contribution >= 4 is 23.3 Å². The van der Waals surface area contributed by atoms with Crippen molar-refractivity contribution in [2.45, 2.75) is 50.1 Å². The smallest absolute Gasteiger partial charge is 0.328 e. The number of rotatable bonds is 4. The minimum atomic E-state index is -1.90. The summed E-state index contributed by atoms with van der Waals surface area (Å²) in [6, 6.07) is 11.2. The maximum atomic E-state index is 13.9. The first kappa shape index (κ1) is 24.8. The van der Waals surface area contributed by atoms with E-state index in [4.69, 9.17) is 18.9 Å². The van der Waals surface area contributed by atoms with Gasteiger partial charge in [-0.2, -0.15) is 0 Å². The van der Waals surface area contributed by atoms with E-state index in [2.05, 4.69) is 0 Å². The number of hydrogen-bond acceptors (Lipinski definition) is 10. The van der Waals surface area contributed by atoms with Crippen LogP contribution >= 0.6 is 0 Å². The highest BCUT2D eigenvalue weighted by molar-refractivity contribution is 6.04. The third-order valence-corrected chi connectivity index (χ3v) is 7.31. The fraction of sp³-hybridized carbons (Fsp3) is 0.440. The lowest BCUT2D eigenvalue weighted by Gasteiger charge is -2.53. The number of hydrogen-bond donors (Lipinski definition) is 0. The standard InChI is InChI=1S/C25H24N2O10/c1-23(2)36-21(28)25(22(29)37-23)19(15-3-7-17(8-4-15)26(30)31)13-24(34-11-12-35-24)14-20(25)16-5-9-18(10-6-16)27(32)33/h3-10,19-20H,11-14H2,1-2H3/t19-,20+. The van der Waals surface area contributed by atoms with Crippen LogP contribution in [-0.2, 0) is 28.5 Å². The molecule has 1 aliphatic carbocycles. The van der Waals surface area contributed by atoms with Gasteiger partial charge < -0.3 is 18.9 Å². The molecule has 5 rings (SSSR count). The monoisotopic (exact) mass is 512 g/mol. The first-order valence-electron chi connectivity index (χ1n) is 11.7. The van der Waals surface area contributed by atoms with E-state index < -0.39 is 50.6 Å². The lowest BCUT2D eigenvalue weighted by Crippen LogP contribution is -2.63. The summed E-state index contributed by atoms with van der Waals surface area (Å²) in [5, 5.41) is 22.5. The maximum Gasteiger partial charge on any atom is 0.328 e. The largest absolute Gasteiger partial charge is 0.422 e. The van der Waals surface area contributed by atoms with E-state index in [-0.39, 0.29) is 24.2 Å². The molecule has 3 fully saturated rings. The molecule has 0 radical (unpaired) electrons. The number of ether oxygens (including phenoxy) is 4. The van der Waals surface area contributed by atoms with Gasteiger partial charge in [0.25, 0.3) is 17.2 Å². The van der Waals surface area contributed by atoms with Crippen LogP contribution in [0.25, 0.3) is 0 Å². The van der Waals surface area contributed by atoms with Crippen LogP contribution < -0.4 is 0 Å². The van der Waals surface area contributed by atoms with E-state index in [1.54, 1.807) is 0 Å². The predicted molar refractivity (Wildman–Crippen MR) is 124 cm³/mol. The highest BCUT2D eigenvalue weighted by Gasteiger charge is 2.70. The number of esters is 2. The Balaban J connectivity index is 1.71. The number of carbonyl (C=O) groups is 2.